The number of hydrogen-bond donors (Lipinski definition) is 0. The third-order valence-corrected chi connectivity index (χ3v) is 2.48. The van der Waals surface area contributed by atoms with Crippen LogP contribution in [0.4, 0.5) is 4.39 Å². The molecule has 2 aromatic rings. The van der Waals surface area contributed by atoms with Gasteiger partial charge in [0.15, 0.2) is 0 Å². The maximum Gasteiger partial charge on any atom is 0.149 e. The molecule has 0 N–H and O–H groups in total. The maximum atomic E-state index is 12.8. The Balaban J connectivity index is 2.26. The summed E-state index contributed by atoms with van der Waals surface area (Å²) in [4.78, 5) is 4.04. The second kappa shape index (κ2) is 4.95. The number of nitrogens with zero attached hydrogens (tertiary/aromatic N) is 1. The predicted molar refractivity (Wildman–Crippen MR) is 64.8 cm³/mol. The van der Waals surface area contributed by atoms with Gasteiger partial charge in [-0.05, 0) is 36.2 Å². The molecule has 0 atom stereocenters. The maximum absolute atomic E-state index is 12.8. The van der Waals surface area contributed by atoms with Crippen molar-refractivity contribution in [2.75, 3.05) is 0 Å². The van der Waals surface area contributed by atoms with Crippen LogP contribution in [0.15, 0.2) is 42.7 Å². The topological polar surface area (TPSA) is 22.1 Å². The third-order valence-electron chi connectivity index (χ3n) is 2.48. The average molecular weight is 231 g/mol. The van der Waals surface area contributed by atoms with Crippen molar-refractivity contribution in [2.24, 2.45) is 0 Å². The molecule has 0 bridgehead atoms. The molecule has 0 saturated heterocycles. The zero-order valence-electron chi connectivity index (χ0n) is 9.85. The van der Waals surface area contributed by atoms with Crippen molar-refractivity contribution in [3.63, 3.8) is 0 Å². The molecule has 0 aliphatic heterocycles. The van der Waals surface area contributed by atoms with Crippen molar-refractivity contribution in [3.8, 4) is 11.5 Å². The number of aromatic nitrogens is 1. The minimum absolute atomic E-state index is 0.271. The standard InChI is InChI=1S/C14H14FNO/c1-10(2)13-7-8-16-9-14(13)17-12-5-3-11(15)4-6-12/h3-10H,1-2H3. The van der Waals surface area contributed by atoms with Crippen molar-refractivity contribution >= 4 is 0 Å². The van der Waals surface area contributed by atoms with E-state index in [1.165, 1.54) is 12.1 Å². The molecule has 0 amide bonds. The minimum atomic E-state index is -0.271. The molecule has 0 aliphatic rings. The van der Waals surface area contributed by atoms with Gasteiger partial charge >= 0.3 is 0 Å². The highest BCUT2D eigenvalue weighted by Gasteiger charge is 2.08. The highest BCUT2D eigenvalue weighted by atomic mass is 19.1. The first-order chi connectivity index (χ1) is 8.16. The zero-order chi connectivity index (χ0) is 12.3. The lowest BCUT2D eigenvalue weighted by molar-refractivity contribution is 0.469. The van der Waals surface area contributed by atoms with Gasteiger partial charge < -0.3 is 4.74 Å². The van der Waals surface area contributed by atoms with Crippen LogP contribution in [0.25, 0.3) is 0 Å². The van der Waals surface area contributed by atoms with Gasteiger partial charge in [-0.2, -0.15) is 0 Å². The monoisotopic (exact) mass is 231 g/mol. The van der Waals surface area contributed by atoms with Gasteiger partial charge in [-0.1, -0.05) is 13.8 Å². The third kappa shape index (κ3) is 2.81. The Morgan fingerprint density at radius 2 is 1.82 bits per heavy atom. The molecule has 0 aliphatic carbocycles. The molecule has 0 radical (unpaired) electrons. The Morgan fingerprint density at radius 1 is 1.12 bits per heavy atom. The number of rotatable bonds is 3. The summed E-state index contributed by atoms with van der Waals surface area (Å²) in [5.74, 6) is 1.41. The van der Waals surface area contributed by atoms with E-state index in [4.69, 9.17) is 4.74 Å². The summed E-state index contributed by atoms with van der Waals surface area (Å²) >= 11 is 0. The Bertz CT molecular complexity index is 494. The highest BCUT2D eigenvalue weighted by molar-refractivity contribution is 5.37. The van der Waals surface area contributed by atoms with Gasteiger partial charge in [-0.25, -0.2) is 4.39 Å². The fourth-order valence-corrected chi connectivity index (χ4v) is 1.58. The van der Waals surface area contributed by atoms with E-state index in [0.29, 0.717) is 17.4 Å². The zero-order valence-corrected chi connectivity index (χ0v) is 9.85. The van der Waals surface area contributed by atoms with E-state index >= 15 is 0 Å². The first kappa shape index (κ1) is 11.6. The molecule has 1 aromatic carbocycles. The van der Waals surface area contributed by atoms with E-state index in [9.17, 15) is 4.39 Å². The van der Waals surface area contributed by atoms with Crippen molar-refractivity contribution in [3.05, 3.63) is 54.1 Å². The molecule has 2 nitrogen and oxygen atoms in total. The largest absolute Gasteiger partial charge is 0.455 e. The van der Waals surface area contributed by atoms with Crippen LogP contribution in [-0.4, -0.2) is 4.98 Å². The van der Waals surface area contributed by atoms with Crippen molar-refractivity contribution in [2.45, 2.75) is 19.8 Å². The molecule has 17 heavy (non-hydrogen) atoms. The van der Waals surface area contributed by atoms with E-state index in [0.717, 1.165) is 5.56 Å². The van der Waals surface area contributed by atoms with Crippen LogP contribution < -0.4 is 4.74 Å². The van der Waals surface area contributed by atoms with Gasteiger partial charge in [0.2, 0.25) is 0 Å². The van der Waals surface area contributed by atoms with Crippen LogP contribution in [0, 0.1) is 5.82 Å². The average Bonchev–Trinajstić information content (AvgIpc) is 2.32. The lowest BCUT2D eigenvalue weighted by Crippen LogP contribution is -1.94. The van der Waals surface area contributed by atoms with Gasteiger partial charge in [-0.15, -0.1) is 0 Å². The van der Waals surface area contributed by atoms with Crippen LogP contribution in [0.5, 0.6) is 11.5 Å². The van der Waals surface area contributed by atoms with E-state index in [1.54, 1.807) is 24.5 Å². The summed E-state index contributed by atoms with van der Waals surface area (Å²) < 4.78 is 18.5. The lowest BCUT2D eigenvalue weighted by atomic mass is 10.0. The van der Waals surface area contributed by atoms with Crippen LogP contribution in [0.3, 0.4) is 0 Å². The second-order valence-electron chi connectivity index (χ2n) is 4.12. The predicted octanol–water partition coefficient (Wildman–Crippen LogP) is 4.14. The van der Waals surface area contributed by atoms with Gasteiger partial charge in [0.1, 0.15) is 17.3 Å². The SMILES string of the molecule is CC(C)c1ccncc1Oc1ccc(F)cc1. The van der Waals surface area contributed by atoms with Crippen LogP contribution in [0.1, 0.15) is 25.3 Å². The number of halogens is 1. The molecular weight excluding hydrogens is 217 g/mol. The van der Waals surface area contributed by atoms with Gasteiger partial charge in [0, 0.05) is 11.8 Å². The Kier molecular flexibility index (Phi) is 3.38. The lowest BCUT2D eigenvalue weighted by Gasteiger charge is -2.12. The van der Waals surface area contributed by atoms with Crippen molar-refractivity contribution < 1.29 is 9.13 Å². The summed E-state index contributed by atoms with van der Waals surface area (Å²) in [5.41, 5.74) is 1.09. The summed E-state index contributed by atoms with van der Waals surface area (Å²) in [6, 6.07) is 7.89. The number of hydrogen-bond acceptors (Lipinski definition) is 2. The Hall–Kier alpha value is -1.90. The summed E-state index contributed by atoms with van der Waals surface area (Å²) in [6.45, 7) is 4.18. The normalized spacial score (nSPS) is 10.6. The van der Waals surface area contributed by atoms with Crippen LogP contribution in [-0.2, 0) is 0 Å². The molecule has 0 fully saturated rings. The molecule has 1 heterocycles. The fraction of sp³-hybridized carbons (Fsp3) is 0.214. The molecule has 2 rings (SSSR count). The van der Waals surface area contributed by atoms with Gasteiger partial charge in [0.05, 0.1) is 6.20 Å². The summed E-state index contributed by atoms with van der Waals surface area (Å²) in [6.07, 6.45) is 3.42. The van der Waals surface area contributed by atoms with E-state index in [2.05, 4.69) is 18.8 Å². The Labute approximate surface area is 100 Å². The van der Waals surface area contributed by atoms with Gasteiger partial charge in [-0.3, -0.25) is 4.98 Å². The van der Waals surface area contributed by atoms with E-state index < -0.39 is 0 Å². The quantitative estimate of drug-likeness (QED) is 0.792. The molecule has 0 saturated carbocycles. The van der Waals surface area contributed by atoms with Crippen molar-refractivity contribution in [1.82, 2.24) is 4.98 Å². The first-order valence-electron chi connectivity index (χ1n) is 5.54. The van der Waals surface area contributed by atoms with E-state index in [1.807, 2.05) is 6.07 Å². The minimum Gasteiger partial charge on any atom is -0.455 e. The molecule has 3 heteroatoms. The van der Waals surface area contributed by atoms with Crippen LogP contribution >= 0.6 is 0 Å². The van der Waals surface area contributed by atoms with Crippen LogP contribution in [0.2, 0.25) is 0 Å². The molecule has 1 aromatic heterocycles. The molecule has 0 spiro atoms. The first-order valence-corrected chi connectivity index (χ1v) is 5.54. The smallest absolute Gasteiger partial charge is 0.149 e. The summed E-state index contributed by atoms with van der Waals surface area (Å²) in [7, 11) is 0. The molecular formula is C14H14FNO. The van der Waals surface area contributed by atoms with Gasteiger partial charge in [0.25, 0.3) is 0 Å². The second-order valence-corrected chi connectivity index (χ2v) is 4.12. The number of pyridine rings is 1. The molecule has 0 unspecified atom stereocenters. The summed E-state index contributed by atoms with van der Waals surface area (Å²) in [5, 5.41) is 0. The fourth-order valence-electron chi connectivity index (χ4n) is 1.58. The number of benzene rings is 1. The number of ether oxygens (including phenoxy) is 1. The highest BCUT2D eigenvalue weighted by Crippen LogP contribution is 2.29. The Morgan fingerprint density at radius 3 is 2.47 bits per heavy atom. The van der Waals surface area contributed by atoms with Crippen molar-refractivity contribution in [1.29, 1.82) is 0 Å². The molecule has 88 valence electrons. The van der Waals surface area contributed by atoms with E-state index in [-0.39, 0.29) is 5.82 Å².